The van der Waals surface area contributed by atoms with Gasteiger partial charge in [0, 0.05) is 11.5 Å². The van der Waals surface area contributed by atoms with E-state index in [1.54, 1.807) is 12.1 Å². The predicted molar refractivity (Wildman–Crippen MR) is 110 cm³/mol. The average molecular weight is 357 g/mol. The van der Waals surface area contributed by atoms with Crippen molar-refractivity contribution in [2.24, 2.45) is 11.3 Å². The Morgan fingerprint density at radius 1 is 1.04 bits per heavy atom. The smallest absolute Gasteiger partial charge is 0.228 e. The van der Waals surface area contributed by atoms with E-state index in [2.05, 4.69) is 39.8 Å². The zero-order chi connectivity index (χ0) is 19.4. The van der Waals surface area contributed by atoms with E-state index in [4.69, 9.17) is 0 Å². The molecule has 0 saturated carbocycles. The molecule has 0 fully saturated rings. The zero-order valence-corrected chi connectivity index (χ0v) is 17.1. The molecule has 0 spiro atoms. The minimum Gasteiger partial charge on any atom is -0.290 e. The summed E-state index contributed by atoms with van der Waals surface area (Å²) in [5, 5.41) is 0. The van der Waals surface area contributed by atoms with Gasteiger partial charge in [0.25, 0.3) is 0 Å². The molecule has 0 aliphatic carbocycles. The van der Waals surface area contributed by atoms with Crippen molar-refractivity contribution in [3.63, 3.8) is 0 Å². The Hall–Kier alpha value is -1.70. The fourth-order valence-corrected chi connectivity index (χ4v) is 2.98. The highest BCUT2D eigenvalue weighted by molar-refractivity contribution is 6.44. The molecule has 2 nitrogen and oxygen atoms in total. The second-order valence-corrected chi connectivity index (χ2v) is 8.02. The second kappa shape index (κ2) is 11.8. The number of hydrogen-bond donors (Lipinski definition) is 0. The topological polar surface area (TPSA) is 34.1 Å². The molecule has 144 valence electrons. The van der Waals surface area contributed by atoms with Crippen molar-refractivity contribution < 1.29 is 9.59 Å². The Morgan fingerprint density at radius 3 is 2.35 bits per heavy atom. The Kier molecular flexibility index (Phi) is 10.2. The van der Waals surface area contributed by atoms with Gasteiger partial charge in [0.2, 0.25) is 11.6 Å². The highest BCUT2D eigenvalue weighted by Crippen LogP contribution is 2.29. The normalized spacial score (nSPS) is 13.1. The summed E-state index contributed by atoms with van der Waals surface area (Å²) in [5.74, 6) is -0.772. The van der Waals surface area contributed by atoms with E-state index in [9.17, 15) is 9.59 Å². The van der Waals surface area contributed by atoms with Crippen molar-refractivity contribution in [1.29, 1.82) is 0 Å². The van der Waals surface area contributed by atoms with Gasteiger partial charge in [-0.3, -0.25) is 9.59 Å². The fraction of sp³-hybridized carbons (Fsp3) is 0.583. The monoisotopic (exact) mass is 356 g/mol. The molecule has 1 rings (SSSR count). The molecule has 0 aliphatic rings. The molecule has 0 bridgehead atoms. The molecule has 0 saturated heterocycles. The number of benzene rings is 1. The van der Waals surface area contributed by atoms with Crippen LogP contribution in [0.2, 0.25) is 0 Å². The molecule has 0 heterocycles. The molecule has 1 aromatic carbocycles. The van der Waals surface area contributed by atoms with E-state index in [1.807, 2.05) is 18.2 Å². The Bertz CT molecular complexity index is 569. The van der Waals surface area contributed by atoms with Gasteiger partial charge in [-0.25, -0.2) is 0 Å². The van der Waals surface area contributed by atoms with Gasteiger partial charge in [0.1, 0.15) is 0 Å². The molecular weight excluding hydrogens is 320 g/mol. The summed E-state index contributed by atoms with van der Waals surface area (Å²) in [5.41, 5.74) is 0.805. The van der Waals surface area contributed by atoms with Crippen LogP contribution < -0.4 is 0 Å². The molecule has 0 radical (unpaired) electrons. The van der Waals surface area contributed by atoms with Crippen LogP contribution in [0.3, 0.4) is 0 Å². The lowest BCUT2D eigenvalue weighted by atomic mass is 9.82. The van der Waals surface area contributed by atoms with Crippen molar-refractivity contribution in [3.8, 4) is 0 Å². The number of allylic oxidation sites excluding steroid dienone is 2. The van der Waals surface area contributed by atoms with Crippen LogP contribution in [0.1, 0.15) is 89.4 Å². The number of carbonyl (C=O) groups excluding carboxylic acids is 2. The highest BCUT2D eigenvalue weighted by Gasteiger charge is 2.26. The lowest BCUT2D eigenvalue weighted by molar-refractivity contribution is -0.118. The minimum atomic E-state index is -0.340. The van der Waals surface area contributed by atoms with Crippen molar-refractivity contribution in [2.45, 2.75) is 79.1 Å². The van der Waals surface area contributed by atoms with Gasteiger partial charge in [0.05, 0.1) is 0 Å². The van der Waals surface area contributed by atoms with Crippen molar-refractivity contribution in [1.82, 2.24) is 0 Å². The van der Waals surface area contributed by atoms with Gasteiger partial charge in [-0.05, 0) is 31.1 Å². The maximum atomic E-state index is 12.8. The van der Waals surface area contributed by atoms with Crippen LogP contribution in [0.25, 0.3) is 0 Å². The molecule has 0 N–H and O–H groups in total. The molecule has 26 heavy (non-hydrogen) atoms. The molecule has 1 atom stereocenters. The fourth-order valence-electron chi connectivity index (χ4n) is 2.98. The molecule has 1 aromatic rings. The largest absolute Gasteiger partial charge is 0.290 e. The number of ketones is 2. The third-order valence-corrected chi connectivity index (χ3v) is 5.31. The number of Topliss-reactive ketones (excluding diaryl/α,β-unsaturated/α-hetero) is 2. The summed E-state index contributed by atoms with van der Waals surface area (Å²) in [7, 11) is 0. The molecular formula is C24H36O2. The quantitative estimate of drug-likeness (QED) is 0.169. The average Bonchev–Trinajstić information content (AvgIpc) is 2.66. The van der Waals surface area contributed by atoms with Crippen LogP contribution in [-0.4, -0.2) is 11.6 Å². The van der Waals surface area contributed by atoms with Gasteiger partial charge in [-0.2, -0.15) is 0 Å². The van der Waals surface area contributed by atoms with Crippen LogP contribution in [0, 0.1) is 11.3 Å². The molecule has 1 unspecified atom stereocenters. The van der Waals surface area contributed by atoms with Crippen LogP contribution in [0.5, 0.6) is 0 Å². The summed E-state index contributed by atoms with van der Waals surface area (Å²) in [6.45, 7) is 8.92. The highest BCUT2D eigenvalue weighted by atomic mass is 16.2. The van der Waals surface area contributed by atoms with Crippen LogP contribution >= 0.6 is 0 Å². The summed E-state index contributed by atoms with van der Waals surface area (Å²) in [6.07, 6.45) is 12.3. The minimum absolute atomic E-state index is 0.201. The number of unbranched alkanes of at least 4 members (excludes halogenated alkanes) is 2. The van der Waals surface area contributed by atoms with Crippen LogP contribution in [0.15, 0.2) is 42.5 Å². The first-order valence-electron chi connectivity index (χ1n) is 10.2. The Morgan fingerprint density at radius 2 is 1.73 bits per heavy atom. The van der Waals surface area contributed by atoms with E-state index in [0.29, 0.717) is 17.4 Å². The van der Waals surface area contributed by atoms with Crippen LogP contribution in [-0.2, 0) is 4.79 Å². The molecule has 0 aromatic heterocycles. The van der Waals surface area contributed by atoms with E-state index in [0.717, 1.165) is 32.1 Å². The van der Waals surface area contributed by atoms with Gasteiger partial charge < -0.3 is 0 Å². The van der Waals surface area contributed by atoms with Gasteiger partial charge in [0.15, 0.2) is 0 Å². The molecule has 0 aliphatic heterocycles. The maximum Gasteiger partial charge on any atom is 0.228 e. The van der Waals surface area contributed by atoms with E-state index >= 15 is 0 Å². The Labute approximate surface area is 160 Å². The summed E-state index contributed by atoms with van der Waals surface area (Å²) >= 11 is 0. The second-order valence-electron chi connectivity index (χ2n) is 8.02. The van der Waals surface area contributed by atoms with Crippen molar-refractivity contribution in [2.75, 3.05) is 0 Å². The van der Waals surface area contributed by atoms with Gasteiger partial charge in [-0.15, -0.1) is 0 Å². The summed E-state index contributed by atoms with van der Waals surface area (Å²) in [6, 6.07) is 8.94. The first-order valence-corrected chi connectivity index (χ1v) is 10.2. The number of hydrogen-bond acceptors (Lipinski definition) is 2. The maximum absolute atomic E-state index is 12.8. The third kappa shape index (κ3) is 8.12. The van der Waals surface area contributed by atoms with E-state index < -0.39 is 0 Å². The Balaban J connectivity index is 2.73. The standard InChI is InChI=1S/C24H36O2/c1-5-7-8-9-11-15-21(18-14-19-24(3,4)6-2)23(26)22(25)20-16-12-10-13-17-20/h9-13,16-17,21H,5-8,14-15,18-19H2,1-4H3. The van der Waals surface area contributed by atoms with Gasteiger partial charge in [-0.1, -0.05) is 95.9 Å². The zero-order valence-electron chi connectivity index (χ0n) is 17.1. The van der Waals surface area contributed by atoms with Crippen molar-refractivity contribution in [3.05, 3.63) is 48.0 Å². The lowest BCUT2D eigenvalue weighted by Gasteiger charge is -2.23. The van der Waals surface area contributed by atoms with Gasteiger partial charge >= 0.3 is 0 Å². The summed E-state index contributed by atoms with van der Waals surface area (Å²) in [4.78, 5) is 25.4. The van der Waals surface area contributed by atoms with E-state index in [-0.39, 0.29) is 17.5 Å². The van der Waals surface area contributed by atoms with Crippen LogP contribution in [0.4, 0.5) is 0 Å². The number of carbonyl (C=O) groups is 2. The van der Waals surface area contributed by atoms with Crippen molar-refractivity contribution >= 4 is 11.6 Å². The lowest BCUT2D eigenvalue weighted by Crippen LogP contribution is -2.24. The molecule has 0 amide bonds. The summed E-state index contributed by atoms with van der Waals surface area (Å²) < 4.78 is 0. The molecule has 2 heteroatoms. The predicted octanol–water partition coefficient (Wildman–Crippen LogP) is 6.80. The van der Waals surface area contributed by atoms with E-state index in [1.165, 1.54) is 12.8 Å². The first-order chi connectivity index (χ1) is 12.4. The number of rotatable bonds is 13. The SMILES string of the molecule is CCCCC=CCC(CCCC(C)(C)CC)C(=O)C(=O)c1ccccc1. The first kappa shape index (κ1) is 22.3. The third-order valence-electron chi connectivity index (χ3n) is 5.31.